The van der Waals surface area contributed by atoms with Gasteiger partial charge in [0.1, 0.15) is 5.60 Å². The van der Waals surface area contributed by atoms with Crippen molar-refractivity contribution in [2.45, 2.75) is 52.1 Å². The number of carbonyl (C=O) groups is 1. The maximum absolute atomic E-state index is 12.0. The molecule has 2 atom stereocenters. The second kappa shape index (κ2) is 5.82. The fourth-order valence-corrected chi connectivity index (χ4v) is 3.01. The highest BCUT2D eigenvalue weighted by Gasteiger charge is 2.34. The summed E-state index contributed by atoms with van der Waals surface area (Å²) < 4.78 is 5.80. The second-order valence-corrected chi connectivity index (χ2v) is 6.26. The molecule has 2 heteroatoms. The van der Waals surface area contributed by atoms with E-state index in [9.17, 15) is 4.79 Å². The molecule has 2 nitrogen and oxygen atoms in total. The summed E-state index contributed by atoms with van der Waals surface area (Å²) in [7, 11) is 0. The molecule has 108 valence electrons. The first kappa shape index (κ1) is 14.8. The summed E-state index contributed by atoms with van der Waals surface area (Å²) in [6.45, 7) is 9.71. The van der Waals surface area contributed by atoms with E-state index in [1.807, 2.05) is 13.0 Å². The lowest BCUT2D eigenvalue weighted by atomic mass is 9.79. The molecular formula is C18H24O2. The van der Waals surface area contributed by atoms with Crippen LogP contribution >= 0.6 is 0 Å². The van der Waals surface area contributed by atoms with Gasteiger partial charge in [-0.3, -0.25) is 0 Å². The fraction of sp³-hybridized carbons (Fsp3) is 0.500. The lowest BCUT2D eigenvalue weighted by molar-refractivity contribution is -0.155. The Morgan fingerprint density at radius 1 is 1.40 bits per heavy atom. The normalized spacial score (nSPS) is 26.1. The SMILES string of the molecule is C=C(C)C(=O)OC1(C)CCCC(C)Cc2ccccc21. The molecule has 1 aromatic rings. The Morgan fingerprint density at radius 3 is 2.80 bits per heavy atom. The average molecular weight is 272 g/mol. The van der Waals surface area contributed by atoms with Gasteiger partial charge in [-0.25, -0.2) is 4.79 Å². The average Bonchev–Trinajstić information content (AvgIpc) is 2.37. The fourth-order valence-electron chi connectivity index (χ4n) is 3.01. The second-order valence-electron chi connectivity index (χ2n) is 6.26. The summed E-state index contributed by atoms with van der Waals surface area (Å²) in [4.78, 5) is 12.0. The van der Waals surface area contributed by atoms with Crippen LogP contribution in [0.1, 0.15) is 51.2 Å². The van der Waals surface area contributed by atoms with Gasteiger partial charge in [0.25, 0.3) is 0 Å². The molecule has 0 saturated heterocycles. The first-order valence-corrected chi connectivity index (χ1v) is 7.39. The van der Waals surface area contributed by atoms with E-state index in [0.717, 1.165) is 24.8 Å². The number of hydrogen-bond acceptors (Lipinski definition) is 2. The van der Waals surface area contributed by atoms with Gasteiger partial charge in [-0.05, 0) is 50.2 Å². The zero-order valence-electron chi connectivity index (χ0n) is 12.7. The summed E-state index contributed by atoms with van der Waals surface area (Å²) in [5.41, 5.74) is 2.38. The Bertz CT molecular complexity index is 518. The van der Waals surface area contributed by atoms with Gasteiger partial charge < -0.3 is 4.74 Å². The standard InChI is InChI=1S/C18H24O2/c1-13(2)17(19)20-18(4)11-7-8-14(3)12-15-9-5-6-10-16(15)18/h5-6,9-10,14H,1,7-8,11-12H2,2-4H3. The molecule has 1 aliphatic rings. The van der Waals surface area contributed by atoms with E-state index in [1.54, 1.807) is 6.92 Å². The molecule has 0 bridgehead atoms. The van der Waals surface area contributed by atoms with Crippen molar-refractivity contribution >= 4 is 5.97 Å². The van der Waals surface area contributed by atoms with Crippen molar-refractivity contribution in [3.05, 3.63) is 47.5 Å². The number of esters is 1. The van der Waals surface area contributed by atoms with Gasteiger partial charge in [-0.15, -0.1) is 0 Å². The van der Waals surface area contributed by atoms with E-state index < -0.39 is 5.60 Å². The summed E-state index contributed by atoms with van der Waals surface area (Å²) in [5, 5.41) is 0. The Balaban J connectivity index is 2.39. The van der Waals surface area contributed by atoms with Crippen molar-refractivity contribution < 1.29 is 9.53 Å². The lowest BCUT2D eigenvalue weighted by Crippen LogP contribution is -2.32. The topological polar surface area (TPSA) is 26.3 Å². The van der Waals surface area contributed by atoms with Crippen molar-refractivity contribution in [2.75, 3.05) is 0 Å². The predicted molar refractivity (Wildman–Crippen MR) is 81.4 cm³/mol. The van der Waals surface area contributed by atoms with Gasteiger partial charge in [0.05, 0.1) is 0 Å². The molecule has 0 amide bonds. The Hall–Kier alpha value is -1.57. The minimum atomic E-state index is -0.535. The highest BCUT2D eigenvalue weighted by molar-refractivity contribution is 5.87. The molecule has 0 N–H and O–H groups in total. The van der Waals surface area contributed by atoms with E-state index in [2.05, 4.69) is 31.7 Å². The molecular weight excluding hydrogens is 248 g/mol. The number of fused-ring (bicyclic) bond motifs is 1. The van der Waals surface area contributed by atoms with E-state index in [1.165, 1.54) is 12.0 Å². The molecule has 2 unspecified atom stereocenters. The van der Waals surface area contributed by atoms with Gasteiger partial charge in [0.15, 0.2) is 0 Å². The minimum absolute atomic E-state index is 0.295. The van der Waals surface area contributed by atoms with Crippen LogP contribution in [0.5, 0.6) is 0 Å². The van der Waals surface area contributed by atoms with E-state index >= 15 is 0 Å². The molecule has 20 heavy (non-hydrogen) atoms. The third kappa shape index (κ3) is 3.12. The molecule has 0 aromatic heterocycles. The first-order chi connectivity index (χ1) is 9.42. The van der Waals surface area contributed by atoms with E-state index in [0.29, 0.717) is 11.5 Å². The largest absolute Gasteiger partial charge is 0.451 e. The quantitative estimate of drug-likeness (QED) is 0.590. The third-order valence-corrected chi connectivity index (χ3v) is 4.17. The number of carbonyl (C=O) groups excluding carboxylic acids is 1. The molecule has 0 fully saturated rings. The summed E-state index contributed by atoms with van der Waals surface area (Å²) >= 11 is 0. The van der Waals surface area contributed by atoms with Crippen molar-refractivity contribution in [3.8, 4) is 0 Å². The molecule has 0 radical (unpaired) electrons. The number of hydrogen-bond donors (Lipinski definition) is 0. The van der Waals surface area contributed by atoms with Crippen LogP contribution < -0.4 is 0 Å². The van der Waals surface area contributed by atoms with Crippen molar-refractivity contribution in [3.63, 3.8) is 0 Å². The number of ether oxygens (including phenoxy) is 1. The van der Waals surface area contributed by atoms with Crippen LogP contribution in [0.2, 0.25) is 0 Å². The maximum Gasteiger partial charge on any atom is 0.333 e. The van der Waals surface area contributed by atoms with Gasteiger partial charge in [0.2, 0.25) is 0 Å². The van der Waals surface area contributed by atoms with Gasteiger partial charge in [-0.1, -0.05) is 44.2 Å². The predicted octanol–water partition coefficient (Wildman–Crippen LogP) is 4.38. The number of benzene rings is 1. The molecule has 1 aliphatic carbocycles. The zero-order valence-corrected chi connectivity index (χ0v) is 12.7. The van der Waals surface area contributed by atoms with Crippen molar-refractivity contribution in [1.82, 2.24) is 0 Å². The Morgan fingerprint density at radius 2 is 2.10 bits per heavy atom. The maximum atomic E-state index is 12.0. The highest BCUT2D eigenvalue weighted by Crippen LogP contribution is 2.37. The highest BCUT2D eigenvalue weighted by atomic mass is 16.6. The van der Waals surface area contributed by atoms with Gasteiger partial charge >= 0.3 is 5.97 Å². The summed E-state index contributed by atoms with van der Waals surface area (Å²) in [6, 6.07) is 8.34. The van der Waals surface area contributed by atoms with Crippen LogP contribution in [-0.2, 0) is 21.6 Å². The van der Waals surface area contributed by atoms with Gasteiger partial charge in [-0.2, -0.15) is 0 Å². The summed E-state index contributed by atoms with van der Waals surface area (Å²) in [5.74, 6) is 0.383. The first-order valence-electron chi connectivity index (χ1n) is 7.39. The molecule has 0 saturated carbocycles. The van der Waals surface area contributed by atoms with Crippen molar-refractivity contribution in [2.24, 2.45) is 5.92 Å². The van der Waals surface area contributed by atoms with Crippen LogP contribution in [0.3, 0.4) is 0 Å². The Kier molecular flexibility index (Phi) is 4.32. The summed E-state index contributed by atoms with van der Waals surface area (Å²) in [6.07, 6.45) is 4.17. The third-order valence-electron chi connectivity index (χ3n) is 4.17. The minimum Gasteiger partial charge on any atom is -0.451 e. The molecule has 1 aromatic carbocycles. The van der Waals surface area contributed by atoms with Crippen LogP contribution in [-0.4, -0.2) is 5.97 Å². The molecule has 0 aliphatic heterocycles. The van der Waals surface area contributed by atoms with Crippen LogP contribution in [0.15, 0.2) is 36.4 Å². The van der Waals surface area contributed by atoms with E-state index in [4.69, 9.17) is 4.74 Å². The molecule has 0 heterocycles. The van der Waals surface area contributed by atoms with Crippen molar-refractivity contribution in [1.29, 1.82) is 0 Å². The molecule has 2 rings (SSSR count). The molecule has 0 spiro atoms. The van der Waals surface area contributed by atoms with Gasteiger partial charge in [0, 0.05) is 5.57 Å². The Labute approximate surface area is 121 Å². The lowest BCUT2D eigenvalue weighted by Gasteiger charge is -2.34. The van der Waals surface area contributed by atoms with E-state index in [-0.39, 0.29) is 5.97 Å². The van der Waals surface area contributed by atoms with Crippen LogP contribution in [0.4, 0.5) is 0 Å². The number of rotatable bonds is 2. The van der Waals surface area contributed by atoms with Crippen LogP contribution in [0.25, 0.3) is 0 Å². The zero-order chi connectivity index (χ0) is 14.8. The monoisotopic (exact) mass is 272 g/mol. The smallest absolute Gasteiger partial charge is 0.333 e. The van der Waals surface area contributed by atoms with Crippen LogP contribution in [0, 0.1) is 5.92 Å².